The van der Waals surface area contributed by atoms with Crippen LogP contribution < -0.4 is 5.32 Å². The summed E-state index contributed by atoms with van der Waals surface area (Å²) < 4.78 is 37.1. The molecule has 0 bridgehead atoms. The highest BCUT2D eigenvalue weighted by atomic mass is 19.4. The largest absolute Gasteiger partial charge is 0.433 e. The Bertz CT molecular complexity index is 540. The third-order valence-corrected chi connectivity index (χ3v) is 2.70. The van der Waals surface area contributed by atoms with E-state index in [4.69, 9.17) is 0 Å². The van der Waals surface area contributed by atoms with Crippen molar-refractivity contribution < 1.29 is 13.2 Å². The van der Waals surface area contributed by atoms with Gasteiger partial charge in [0.05, 0.1) is 6.04 Å². The summed E-state index contributed by atoms with van der Waals surface area (Å²) in [5.74, 6) is 0.632. The Morgan fingerprint density at radius 2 is 1.85 bits per heavy atom. The van der Waals surface area contributed by atoms with Crippen LogP contribution in [-0.4, -0.2) is 15.0 Å². The first-order valence-electron chi connectivity index (χ1n) is 5.99. The van der Waals surface area contributed by atoms with E-state index < -0.39 is 11.9 Å². The molecule has 0 fully saturated rings. The van der Waals surface area contributed by atoms with Gasteiger partial charge >= 0.3 is 6.18 Å². The summed E-state index contributed by atoms with van der Waals surface area (Å²) in [6, 6.07) is 4.00. The van der Waals surface area contributed by atoms with Crippen molar-refractivity contribution in [3.8, 4) is 0 Å². The molecule has 0 saturated carbocycles. The maximum absolute atomic E-state index is 12.4. The second-order valence-electron chi connectivity index (χ2n) is 4.26. The molecule has 0 aromatic carbocycles. The van der Waals surface area contributed by atoms with Gasteiger partial charge in [-0.2, -0.15) is 13.2 Å². The molecule has 1 atom stereocenters. The fourth-order valence-electron chi connectivity index (χ4n) is 1.59. The number of pyridine rings is 1. The molecule has 2 rings (SSSR count). The van der Waals surface area contributed by atoms with E-state index in [9.17, 15) is 13.2 Å². The Kier molecular flexibility index (Phi) is 4.29. The molecule has 20 heavy (non-hydrogen) atoms. The maximum Gasteiger partial charge on any atom is 0.433 e. The Morgan fingerprint density at radius 3 is 2.40 bits per heavy atom. The number of rotatable bonds is 4. The second kappa shape index (κ2) is 5.96. The maximum atomic E-state index is 12.4. The molecule has 4 nitrogen and oxygen atoms in total. The molecule has 0 spiro atoms. The van der Waals surface area contributed by atoms with Gasteiger partial charge < -0.3 is 5.32 Å². The van der Waals surface area contributed by atoms with Crippen LogP contribution in [0.2, 0.25) is 0 Å². The lowest BCUT2D eigenvalue weighted by atomic mass is 10.2. The van der Waals surface area contributed by atoms with Gasteiger partial charge in [-0.3, -0.25) is 4.98 Å². The van der Waals surface area contributed by atoms with Gasteiger partial charge in [-0.15, -0.1) is 0 Å². The minimum atomic E-state index is -4.41. The van der Waals surface area contributed by atoms with Gasteiger partial charge in [0.1, 0.15) is 11.5 Å². The van der Waals surface area contributed by atoms with Crippen molar-refractivity contribution in [1.29, 1.82) is 0 Å². The summed E-state index contributed by atoms with van der Waals surface area (Å²) in [4.78, 5) is 11.6. The number of nitrogens with one attached hydrogen (secondary N) is 1. The third kappa shape index (κ3) is 3.74. The van der Waals surface area contributed by atoms with Crippen LogP contribution in [0.4, 0.5) is 13.2 Å². The zero-order chi connectivity index (χ0) is 14.6. The fourth-order valence-corrected chi connectivity index (χ4v) is 1.59. The van der Waals surface area contributed by atoms with Crippen molar-refractivity contribution in [2.75, 3.05) is 0 Å². The Morgan fingerprint density at radius 1 is 1.15 bits per heavy atom. The lowest BCUT2D eigenvalue weighted by Crippen LogP contribution is -2.20. The van der Waals surface area contributed by atoms with E-state index in [0.29, 0.717) is 17.9 Å². The summed E-state index contributed by atoms with van der Waals surface area (Å²) in [5.41, 5.74) is -0.221. The van der Waals surface area contributed by atoms with Crippen molar-refractivity contribution >= 4 is 0 Å². The highest BCUT2D eigenvalue weighted by Crippen LogP contribution is 2.27. The van der Waals surface area contributed by atoms with Gasteiger partial charge in [0.15, 0.2) is 0 Å². The normalized spacial score (nSPS) is 13.2. The summed E-state index contributed by atoms with van der Waals surface area (Å²) in [5, 5.41) is 3.13. The van der Waals surface area contributed by atoms with Gasteiger partial charge in [-0.25, -0.2) is 9.97 Å². The molecule has 0 aliphatic heterocycles. The van der Waals surface area contributed by atoms with E-state index in [-0.39, 0.29) is 6.04 Å². The molecule has 0 radical (unpaired) electrons. The van der Waals surface area contributed by atoms with Crippen LogP contribution in [0.25, 0.3) is 0 Å². The van der Waals surface area contributed by atoms with E-state index in [2.05, 4.69) is 20.3 Å². The lowest BCUT2D eigenvalue weighted by molar-refractivity contribution is -0.141. The predicted molar refractivity (Wildman–Crippen MR) is 66.5 cm³/mol. The molecule has 2 aromatic heterocycles. The van der Waals surface area contributed by atoms with E-state index in [1.165, 1.54) is 12.3 Å². The van der Waals surface area contributed by atoms with E-state index in [0.717, 1.165) is 6.07 Å². The Labute approximate surface area is 114 Å². The van der Waals surface area contributed by atoms with Crippen LogP contribution in [0.15, 0.2) is 36.8 Å². The summed E-state index contributed by atoms with van der Waals surface area (Å²) in [6.45, 7) is 2.28. The molecular formula is C13H13F3N4. The lowest BCUT2D eigenvalue weighted by Gasteiger charge is -2.12. The predicted octanol–water partition coefficient (Wildman–Crippen LogP) is 2.74. The first-order valence-corrected chi connectivity index (χ1v) is 5.99. The van der Waals surface area contributed by atoms with E-state index >= 15 is 0 Å². The van der Waals surface area contributed by atoms with Crippen LogP contribution in [-0.2, 0) is 12.7 Å². The minimum absolute atomic E-state index is 0.0986. The van der Waals surface area contributed by atoms with Crippen LogP contribution >= 0.6 is 0 Å². The van der Waals surface area contributed by atoms with Gasteiger partial charge in [-0.1, -0.05) is 6.07 Å². The van der Waals surface area contributed by atoms with Crippen molar-refractivity contribution in [2.24, 2.45) is 0 Å². The monoisotopic (exact) mass is 282 g/mol. The number of halogens is 3. The molecule has 7 heteroatoms. The Balaban J connectivity index is 1.94. The molecule has 0 saturated heterocycles. The average Bonchev–Trinajstić information content (AvgIpc) is 2.45. The second-order valence-corrected chi connectivity index (χ2v) is 4.26. The standard InChI is InChI=1S/C13H13F3N4/c1-9(12-17-5-2-6-18-12)19-7-10-3-4-11(20-8-10)13(14,15)16/h2-6,8-9,19H,7H2,1H3. The highest BCUT2D eigenvalue weighted by Gasteiger charge is 2.31. The number of hydrogen-bond donors (Lipinski definition) is 1. The number of nitrogens with zero attached hydrogens (tertiary/aromatic N) is 3. The molecule has 0 aliphatic carbocycles. The van der Waals surface area contributed by atoms with Crippen molar-refractivity contribution in [2.45, 2.75) is 25.7 Å². The molecule has 0 amide bonds. The molecular weight excluding hydrogens is 269 g/mol. The van der Waals surface area contributed by atoms with Crippen molar-refractivity contribution in [3.05, 3.63) is 53.9 Å². The van der Waals surface area contributed by atoms with Crippen molar-refractivity contribution in [3.63, 3.8) is 0 Å². The summed E-state index contributed by atoms with van der Waals surface area (Å²) in [7, 11) is 0. The van der Waals surface area contributed by atoms with E-state index in [1.807, 2.05) is 6.92 Å². The zero-order valence-corrected chi connectivity index (χ0v) is 10.7. The van der Waals surface area contributed by atoms with Gasteiger partial charge in [0, 0.05) is 25.1 Å². The molecule has 0 aliphatic rings. The topological polar surface area (TPSA) is 50.7 Å². The fraction of sp³-hybridized carbons (Fsp3) is 0.308. The first-order chi connectivity index (χ1) is 9.47. The third-order valence-electron chi connectivity index (χ3n) is 2.70. The van der Waals surface area contributed by atoms with Gasteiger partial charge in [0.2, 0.25) is 0 Å². The molecule has 2 aromatic rings. The van der Waals surface area contributed by atoms with Crippen LogP contribution in [0, 0.1) is 0 Å². The summed E-state index contributed by atoms with van der Waals surface area (Å²) >= 11 is 0. The number of aromatic nitrogens is 3. The first kappa shape index (κ1) is 14.4. The van der Waals surface area contributed by atoms with Gasteiger partial charge in [-0.05, 0) is 24.6 Å². The average molecular weight is 282 g/mol. The van der Waals surface area contributed by atoms with Crippen LogP contribution in [0.3, 0.4) is 0 Å². The number of hydrogen-bond acceptors (Lipinski definition) is 4. The number of alkyl halides is 3. The Hall–Kier alpha value is -2.02. The molecule has 2 heterocycles. The molecule has 1 N–H and O–H groups in total. The smallest absolute Gasteiger partial charge is 0.303 e. The molecule has 106 valence electrons. The quantitative estimate of drug-likeness (QED) is 0.936. The van der Waals surface area contributed by atoms with Crippen LogP contribution in [0.5, 0.6) is 0 Å². The van der Waals surface area contributed by atoms with E-state index in [1.54, 1.807) is 18.5 Å². The van der Waals surface area contributed by atoms with Crippen molar-refractivity contribution in [1.82, 2.24) is 20.3 Å². The SMILES string of the molecule is CC(NCc1ccc(C(F)(F)F)nc1)c1ncccn1. The highest BCUT2D eigenvalue weighted by molar-refractivity contribution is 5.16. The zero-order valence-electron chi connectivity index (χ0n) is 10.7. The summed E-state index contributed by atoms with van der Waals surface area (Å²) in [6.07, 6.45) is 0.0892. The van der Waals surface area contributed by atoms with Crippen LogP contribution in [0.1, 0.15) is 30.0 Å². The molecule has 1 unspecified atom stereocenters. The van der Waals surface area contributed by atoms with Gasteiger partial charge in [0.25, 0.3) is 0 Å². The minimum Gasteiger partial charge on any atom is -0.303 e.